The number of hydrogen-bond acceptors (Lipinski definition) is 4. The fourth-order valence-electron chi connectivity index (χ4n) is 2.83. The lowest BCUT2D eigenvalue weighted by molar-refractivity contribution is 0.344. The molecule has 0 aliphatic rings. The Labute approximate surface area is 160 Å². The summed E-state index contributed by atoms with van der Waals surface area (Å²) >= 11 is 0. The zero-order chi connectivity index (χ0) is 19.3. The van der Waals surface area contributed by atoms with Gasteiger partial charge in [0.15, 0.2) is 0 Å². The quantitative estimate of drug-likeness (QED) is 0.546. The van der Waals surface area contributed by atoms with Gasteiger partial charge >= 0.3 is 7.37 Å². The summed E-state index contributed by atoms with van der Waals surface area (Å²) < 4.78 is 38.7. The number of benzene rings is 3. The lowest BCUT2D eigenvalue weighted by atomic mass is 10.3. The molecule has 0 spiro atoms. The predicted molar refractivity (Wildman–Crippen MR) is 112 cm³/mol. The molecule has 0 aliphatic heterocycles. The second-order valence-corrected chi connectivity index (χ2v) is 10.8. The largest absolute Gasteiger partial charge is 0.436 e. The maximum atomic E-state index is 14.1. The van der Waals surface area contributed by atoms with Crippen molar-refractivity contribution in [2.75, 3.05) is 13.3 Å². The minimum Gasteiger partial charge on any atom is -0.436 e. The summed E-state index contributed by atoms with van der Waals surface area (Å²) in [5.41, 5.74) is 0. The normalized spacial score (nSPS) is 13.7. The lowest BCUT2D eigenvalue weighted by Gasteiger charge is -2.23. The van der Waals surface area contributed by atoms with Crippen molar-refractivity contribution >= 4 is 30.7 Å². The Morgan fingerprint density at radius 1 is 0.741 bits per heavy atom. The standard InChI is InChI=1S/C21H22O4P2/c1-3-24-26(2,22)21-17-11-10-16-20(21)25-27(23,18-12-6-4-7-13-18)19-14-8-5-9-15-19/h4-17H,3H2,1-2H3. The summed E-state index contributed by atoms with van der Waals surface area (Å²) in [7, 11) is -6.54. The minimum absolute atomic E-state index is 0.313. The van der Waals surface area contributed by atoms with Crippen LogP contribution < -0.4 is 20.4 Å². The van der Waals surface area contributed by atoms with Gasteiger partial charge < -0.3 is 9.05 Å². The van der Waals surface area contributed by atoms with Gasteiger partial charge in [0.25, 0.3) is 0 Å². The van der Waals surface area contributed by atoms with Gasteiger partial charge in [0.05, 0.1) is 22.5 Å². The minimum atomic E-state index is -3.44. The number of hydrogen-bond donors (Lipinski definition) is 0. The third-order valence-corrected chi connectivity index (χ3v) is 8.50. The molecule has 6 heteroatoms. The maximum Gasteiger partial charge on any atom is 0.306 e. The van der Waals surface area contributed by atoms with Crippen molar-refractivity contribution in [1.82, 2.24) is 0 Å². The molecule has 3 aromatic rings. The van der Waals surface area contributed by atoms with Crippen LogP contribution in [0.25, 0.3) is 0 Å². The maximum absolute atomic E-state index is 14.1. The Hall–Kier alpha value is -2.12. The van der Waals surface area contributed by atoms with Crippen LogP contribution in [0.5, 0.6) is 5.75 Å². The summed E-state index contributed by atoms with van der Waals surface area (Å²) in [6, 6.07) is 25.1. The van der Waals surface area contributed by atoms with Crippen molar-refractivity contribution in [2.45, 2.75) is 6.92 Å². The van der Waals surface area contributed by atoms with Gasteiger partial charge in [-0.25, -0.2) is 0 Å². The summed E-state index contributed by atoms with van der Waals surface area (Å²) in [5.74, 6) is 0.313. The number of para-hydroxylation sites is 1. The van der Waals surface area contributed by atoms with E-state index in [4.69, 9.17) is 9.05 Å². The van der Waals surface area contributed by atoms with Crippen molar-refractivity contribution in [3.8, 4) is 5.75 Å². The first-order valence-electron chi connectivity index (χ1n) is 8.70. The fraction of sp³-hybridized carbons (Fsp3) is 0.143. The molecule has 1 unspecified atom stereocenters. The Morgan fingerprint density at radius 2 is 1.22 bits per heavy atom. The monoisotopic (exact) mass is 400 g/mol. The SMILES string of the molecule is CCOP(C)(=O)c1ccccc1OP(=O)(c1ccccc1)c1ccccc1. The predicted octanol–water partition coefficient (Wildman–Crippen LogP) is 4.56. The molecular formula is C21H22O4P2. The molecular weight excluding hydrogens is 378 g/mol. The molecule has 0 fully saturated rings. The molecule has 3 rings (SSSR count). The summed E-state index contributed by atoms with van der Waals surface area (Å²) in [6.45, 7) is 3.66. The molecule has 0 aliphatic carbocycles. The van der Waals surface area contributed by atoms with Gasteiger partial charge in [-0.3, -0.25) is 9.13 Å². The molecule has 0 aromatic heterocycles. The molecule has 0 saturated heterocycles. The lowest BCUT2D eigenvalue weighted by Crippen LogP contribution is -2.22. The fourth-order valence-corrected chi connectivity index (χ4v) is 6.48. The van der Waals surface area contributed by atoms with Crippen LogP contribution in [0.15, 0.2) is 84.9 Å². The van der Waals surface area contributed by atoms with E-state index in [1.165, 1.54) is 0 Å². The van der Waals surface area contributed by atoms with Crippen molar-refractivity contribution in [3.05, 3.63) is 84.9 Å². The second kappa shape index (κ2) is 8.27. The van der Waals surface area contributed by atoms with E-state index in [9.17, 15) is 9.13 Å². The Balaban J connectivity index is 2.13. The van der Waals surface area contributed by atoms with Crippen molar-refractivity contribution in [2.24, 2.45) is 0 Å². The average molecular weight is 400 g/mol. The molecule has 1 atom stereocenters. The third-order valence-electron chi connectivity index (χ3n) is 4.10. The van der Waals surface area contributed by atoms with E-state index < -0.39 is 14.7 Å². The van der Waals surface area contributed by atoms with Crippen LogP contribution in [0.2, 0.25) is 0 Å². The molecule has 140 valence electrons. The van der Waals surface area contributed by atoms with Crippen LogP contribution in [0.4, 0.5) is 0 Å². The van der Waals surface area contributed by atoms with E-state index in [-0.39, 0.29) is 0 Å². The summed E-state index contributed by atoms with van der Waals surface area (Å²) in [5, 5.41) is 1.58. The molecule has 0 saturated carbocycles. The molecule has 0 amide bonds. The Bertz CT molecular complexity index is 944. The molecule has 0 radical (unpaired) electrons. The van der Waals surface area contributed by atoms with Crippen LogP contribution >= 0.6 is 14.7 Å². The first kappa shape index (κ1) is 19.6. The van der Waals surface area contributed by atoms with E-state index in [2.05, 4.69) is 0 Å². The second-order valence-electron chi connectivity index (χ2n) is 6.05. The molecule has 0 heterocycles. The first-order chi connectivity index (χ1) is 13.0. The van der Waals surface area contributed by atoms with Gasteiger partial charge in [-0.2, -0.15) is 0 Å². The zero-order valence-corrected chi connectivity index (χ0v) is 17.1. The summed E-state index contributed by atoms with van der Waals surface area (Å²) in [6.07, 6.45) is 0. The highest BCUT2D eigenvalue weighted by molar-refractivity contribution is 7.74. The van der Waals surface area contributed by atoms with Gasteiger partial charge in [0.2, 0.25) is 7.37 Å². The highest BCUT2D eigenvalue weighted by Gasteiger charge is 2.33. The van der Waals surface area contributed by atoms with Crippen molar-refractivity contribution < 1.29 is 18.2 Å². The molecule has 27 heavy (non-hydrogen) atoms. The van der Waals surface area contributed by atoms with Crippen molar-refractivity contribution in [3.63, 3.8) is 0 Å². The molecule has 4 nitrogen and oxygen atoms in total. The van der Waals surface area contributed by atoms with Crippen LogP contribution in [-0.4, -0.2) is 13.3 Å². The van der Waals surface area contributed by atoms with Gasteiger partial charge in [0, 0.05) is 6.66 Å². The van der Waals surface area contributed by atoms with E-state index >= 15 is 0 Å². The average Bonchev–Trinajstić information content (AvgIpc) is 2.69. The van der Waals surface area contributed by atoms with Crippen LogP contribution in [0.3, 0.4) is 0 Å². The Morgan fingerprint density at radius 3 is 1.74 bits per heavy atom. The van der Waals surface area contributed by atoms with E-state index in [1.807, 2.05) is 36.4 Å². The summed E-state index contributed by atoms with van der Waals surface area (Å²) in [4.78, 5) is 0. The van der Waals surface area contributed by atoms with Gasteiger partial charge in [-0.05, 0) is 43.3 Å². The smallest absolute Gasteiger partial charge is 0.306 e. The van der Waals surface area contributed by atoms with E-state index in [0.717, 1.165) is 0 Å². The van der Waals surface area contributed by atoms with E-state index in [0.29, 0.717) is 28.3 Å². The van der Waals surface area contributed by atoms with Gasteiger partial charge in [0.1, 0.15) is 5.75 Å². The van der Waals surface area contributed by atoms with Crippen LogP contribution in [0, 0.1) is 0 Å². The van der Waals surface area contributed by atoms with Crippen LogP contribution in [-0.2, 0) is 13.7 Å². The molecule has 0 N–H and O–H groups in total. The molecule has 0 bridgehead atoms. The highest BCUT2D eigenvalue weighted by atomic mass is 31.2. The zero-order valence-electron chi connectivity index (χ0n) is 15.3. The van der Waals surface area contributed by atoms with Gasteiger partial charge in [-0.1, -0.05) is 48.5 Å². The highest BCUT2D eigenvalue weighted by Crippen LogP contribution is 2.49. The van der Waals surface area contributed by atoms with Crippen LogP contribution in [0.1, 0.15) is 6.92 Å². The Kier molecular flexibility index (Phi) is 6.01. The third kappa shape index (κ3) is 4.25. The van der Waals surface area contributed by atoms with E-state index in [1.54, 1.807) is 62.1 Å². The number of rotatable bonds is 7. The first-order valence-corrected chi connectivity index (χ1v) is 12.4. The molecule has 3 aromatic carbocycles. The topological polar surface area (TPSA) is 52.6 Å². The van der Waals surface area contributed by atoms with Crippen molar-refractivity contribution in [1.29, 1.82) is 0 Å². The van der Waals surface area contributed by atoms with Gasteiger partial charge in [-0.15, -0.1) is 0 Å².